The Morgan fingerprint density at radius 2 is 2.29 bits per heavy atom. The van der Waals surface area contributed by atoms with Gasteiger partial charge in [-0.25, -0.2) is 0 Å². The highest BCUT2D eigenvalue weighted by atomic mass is 32.2. The number of amides is 1. The summed E-state index contributed by atoms with van der Waals surface area (Å²) in [6, 6.07) is 1.43. The predicted octanol–water partition coefficient (Wildman–Crippen LogP) is 1.55. The Morgan fingerprint density at radius 1 is 1.59 bits per heavy atom. The van der Waals surface area contributed by atoms with Gasteiger partial charge < -0.3 is 10.3 Å². The minimum atomic E-state index is -0.306. The minimum absolute atomic E-state index is 0.174. The number of H-pyrrole nitrogens is 1. The van der Waals surface area contributed by atoms with Crippen LogP contribution in [0.15, 0.2) is 17.1 Å². The lowest BCUT2D eigenvalue weighted by atomic mass is 10.2. The van der Waals surface area contributed by atoms with Gasteiger partial charge in [-0.05, 0) is 19.6 Å². The zero-order valence-corrected chi connectivity index (χ0v) is 11.2. The van der Waals surface area contributed by atoms with E-state index in [-0.39, 0.29) is 16.9 Å². The molecule has 2 N–H and O–H groups in total. The van der Waals surface area contributed by atoms with Crippen molar-refractivity contribution in [3.63, 3.8) is 0 Å². The van der Waals surface area contributed by atoms with Gasteiger partial charge in [0.1, 0.15) is 5.56 Å². The second kappa shape index (κ2) is 6.49. The summed E-state index contributed by atoms with van der Waals surface area (Å²) in [6.07, 6.45) is 4.40. The van der Waals surface area contributed by atoms with E-state index in [2.05, 4.69) is 17.2 Å². The fourth-order valence-electron chi connectivity index (χ4n) is 1.35. The molecule has 4 nitrogen and oxygen atoms in total. The van der Waals surface area contributed by atoms with Crippen molar-refractivity contribution in [1.29, 1.82) is 0 Å². The van der Waals surface area contributed by atoms with Crippen LogP contribution in [0.25, 0.3) is 0 Å². The first-order valence-electron chi connectivity index (χ1n) is 5.55. The van der Waals surface area contributed by atoms with Crippen LogP contribution in [0.1, 0.15) is 29.4 Å². The van der Waals surface area contributed by atoms with E-state index in [1.54, 1.807) is 18.7 Å². The van der Waals surface area contributed by atoms with Crippen LogP contribution in [0.4, 0.5) is 0 Å². The Labute approximate surface area is 105 Å². The molecule has 1 atom stereocenters. The van der Waals surface area contributed by atoms with Crippen molar-refractivity contribution in [2.75, 3.05) is 12.8 Å². The van der Waals surface area contributed by atoms with E-state index in [1.807, 2.05) is 6.26 Å². The summed E-state index contributed by atoms with van der Waals surface area (Å²) in [6.45, 7) is 4.48. The first kappa shape index (κ1) is 13.8. The van der Waals surface area contributed by atoms with Crippen LogP contribution in [-0.2, 0) is 0 Å². The van der Waals surface area contributed by atoms with Gasteiger partial charge in [0, 0.05) is 29.8 Å². The van der Waals surface area contributed by atoms with Crippen molar-refractivity contribution in [2.45, 2.75) is 25.5 Å². The molecule has 1 unspecified atom stereocenters. The number of thioether (sulfide) groups is 1. The van der Waals surface area contributed by atoms with Gasteiger partial charge in [0.2, 0.25) is 0 Å². The molecule has 0 aliphatic carbocycles. The van der Waals surface area contributed by atoms with E-state index in [1.165, 1.54) is 12.3 Å². The van der Waals surface area contributed by atoms with Crippen LogP contribution < -0.4 is 10.7 Å². The molecule has 1 rings (SSSR count). The Kier molecular flexibility index (Phi) is 5.28. The molecule has 0 aliphatic rings. The monoisotopic (exact) mass is 254 g/mol. The van der Waals surface area contributed by atoms with E-state index in [0.29, 0.717) is 11.8 Å². The van der Waals surface area contributed by atoms with Gasteiger partial charge in [0.05, 0.1) is 0 Å². The van der Waals surface area contributed by atoms with E-state index in [4.69, 9.17) is 0 Å². The van der Waals surface area contributed by atoms with Crippen LogP contribution >= 0.6 is 11.8 Å². The fourth-order valence-corrected chi connectivity index (χ4v) is 1.71. The highest BCUT2D eigenvalue weighted by Gasteiger charge is 2.09. The molecular formula is C12H18N2O2S. The molecule has 1 amide bonds. The average Bonchev–Trinajstić information content (AvgIpc) is 2.28. The number of hydrogen-bond donors (Lipinski definition) is 2. The molecule has 0 fully saturated rings. The summed E-state index contributed by atoms with van der Waals surface area (Å²) < 4.78 is 0. The van der Waals surface area contributed by atoms with Crippen LogP contribution in [0, 0.1) is 6.92 Å². The fraction of sp³-hybridized carbons (Fsp3) is 0.500. The molecule has 0 aromatic carbocycles. The number of pyridine rings is 1. The number of aromatic amines is 1. The van der Waals surface area contributed by atoms with Crippen molar-refractivity contribution >= 4 is 17.7 Å². The van der Waals surface area contributed by atoms with E-state index >= 15 is 0 Å². The number of aryl methyl sites for hydroxylation is 1. The Morgan fingerprint density at radius 3 is 2.88 bits per heavy atom. The molecule has 94 valence electrons. The summed E-state index contributed by atoms with van der Waals surface area (Å²) in [4.78, 5) is 26.1. The molecule has 0 spiro atoms. The molecule has 1 aromatic heterocycles. The zero-order chi connectivity index (χ0) is 12.8. The van der Waals surface area contributed by atoms with E-state index in [9.17, 15) is 9.59 Å². The first-order chi connectivity index (χ1) is 8.04. The first-order valence-corrected chi connectivity index (χ1v) is 6.83. The van der Waals surface area contributed by atoms with Gasteiger partial charge in [0.25, 0.3) is 5.91 Å². The maximum Gasteiger partial charge on any atom is 0.256 e. The van der Waals surface area contributed by atoms with Crippen LogP contribution in [0.2, 0.25) is 0 Å². The number of carbonyl (C=O) groups excluding carboxylic acids is 1. The van der Waals surface area contributed by atoms with Crippen molar-refractivity contribution < 1.29 is 4.79 Å². The normalized spacial score (nSPS) is 12.2. The molecule has 0 saturated heterocycles. The molecule has 1 aromatic rings. The van der Waals surface area contributed by atoms with Crippen molar-refractivity contribution in [1.82, 2.24) is 10.3 Å². The summed E-state index contributed by atoms with van der Waals surface area (Å²) in [5, 5.41) is 3.26. The summed E-state index contributed by atoms with van der Waals surface area (Å²) in [5.74, 6) is -0.306. The molecule has 0 radical (unpaired) electrons. The van der Waals surface area contributed by atoms with Gasteiger partial charge >= 0.3 is 0 Å². The molecule has 5 heteroatoms. The molecule has 17 heavy (non-hydrogen) atoms. The average molecular weight is 254 g/mol. The number of rotatable bonds is 5. The van der Waals surface area contributed by atoms with Crippen molar-refractivity contribution in [3.8, 4) is 0 Å². The molecule has 0 aliphatic heterocycles. The lowest BCUT2D eigenvalue weighted by Crippen LogP contribution is -2.30. The Bertz CT molecular complexity index is 442. The second-order valence-corrected chi connectivity index (χ2v) is 5.26. The van der Waals surface area contributed by atoms with Gasteiger partial charge in [-0.2, -0.15) is 11.8 Å². The maximum absolute atomic E-state index is 11.7. The van der Waals surface area contributed by atoms with Crippen LogP contribution in [-0.4, -0.2) is 28.9 Å². The summed E-state index contributed by atoms with van der Waals surface area (Å²) in [5.41, 5.74) is 0.687. The van der Waals surface area contributed by atoms with Gasteiger partial charge in [0.15, 0.2) is 5.43 Å². The van der Waals surface area contributed by atoms with Crippen LogP contribution in [0.5, 0.6) is 0 Å². The third-order valence-corrected chi connectivity index (χ3v) is 3.58. The van der Waals surface area contributed by atoms with Crippen molar-refractivity contribution in [2.24, 2.45) is 0 Å². The SMILES string of the molecule is CSC(C)CCNC(=O)c1c[nH]c(C)cc1=O. The number of nitrogens with one attached hydrogen (secondary N) is 2. The number of aromatic nitrogens is 1. The topological polar surface area (TPSA) is 62.0 Å². The minimum Gasteiger partial charge on any atom is -0.364 e. The third-order valence-electron chi connectivity index (χ3n) is 2.54. The lowest BCUT2D eigenvalue weighted by molar-refractivity contribution is 0.0952. The maximum atomic E-state index is 11.7. The van der Waals surface area contributed by atoms with E-state index < -0.39 is 0 Å². The second-order valence-electron chi connectivity index (χ2n) is 3.98. The molecule has 0 bridgehead atoms. The molecule has 1 heterocycles. The quantitative estimate of drug-likeness (QED) is 0.838. The summed E-state index contributed by atoms with van der Waals surface area (Å²) >= 11 is 1.76. The van der Waals surface area contributed by atoms with Crippen LogP contribution in [0.3, 0.4) is 0 Å². The van der Waals surface area contributed by atoms with Gasteiger partial charge in [-0.15, -0.1) is 0 Å². The predicted molar refractivity (Wildman–Crippen MR) is 71.7 cm³/mol. The largest absolute Gasteiger partial charge is 0.364 e. The zero-order valence-electron chi connectivity index (χ0n) is 10.4. The smallest absolute Gasteiger partial charge is 0.256 e. The van der Waals surface area contributed by atoms with E-state index in [0.717, 1.165) is 12.1 Å². The standard InChI is InChI=1S/C12H18N2O2S/c1-8-6-11(15)10(7-14-8)12(16)13-5-4-9(2)17-3/h6-7,9H,4-5H2,1-3H3,(H,13,16)(H,14,15). The molecular weight excluding hydrogens is 236 g/mol. The third kappa shape index (κ3) is 4.26. The number of carbonyl (C=O) groups is 1. The Balaban J connectivity index is 2.56. The van der Waals surface area contributed by atoms with Gasteiger partial charge in [-0.1, -0.05) is 6.92 Å². The number of hydrogen-bond acceptors (Lipinski definition) is 3. The lowest BCUT2D eigenvalue weighted by Gasteiger charge is -2.08. The highest BCUT2D eigenvalue weighted by Crippen LogP contribution is 2.07. The molecule has 0 saturated carbocycles. The highest BCUT2D eigenvalue weighted by molar-refractivity contribution is 7.99. The Hall–Kier alpha value is -1.23. The van der Waals surface area contributed by atoms with Crippen molar-refractivity contribution in [3.05, 3.63) is 33.7 Å². The van der Waals surface area contributed by atoms with Gasteiger partial charge in [-0.3, -0.25) is 9.59 Å². The summed E-state index contributed by atoms with van der Waals surface area (Å²) in [7, 11) is 0.